The lowest BCUT2D eigenvalue weighted by Crippen LogP contribution is -2.40. The zero-order valence-corrected chi connectivity index (χ0v) is 18.9. The highest BCUT2D eigenvalue weighted by Gasteiger charge is 2.28. The average molecular weight is 470 g/mol. The van der Waals surface area contributed by atoms with Crippen molar-refractivity contribution in [1.82, 2.24) is 15.5 Å². The normalized spacial score (nSPS) is 15.8. The van der Waals surface area contributed by atoms with Crippen LogP contribution in [0.4, 0.5) is 0 Å². The molecule has 150 valence electrons. The molecule has 1 rings (SSSR count). The molecule has 0 aromatic heterocycles. The van der Waals surface area contributed by atoms with Crippen molar-refractivity contribution in [1.29, 1.82) is 0 Å². The van der Waals surface area contributed by atoms with Gasteiger partial charge in [-0.05, 0) is 40.2 Å². The fourth-order valence-corrected chi connectivity index (χ4v) is 2.35. The van der Waals surface area contributed by atoms with Crippen molar-refractivity contribution in [2.75, 3.05) is 53.1 Å². The molecule has 0 amide bonds. The van der Waals surface area contributed by atoms with Crippen LogP contribution in [0.25, 0.3) is 0 Å². The van der Waals surface area contributed by atoms with E-state index in [0.717, 1.165) is 44.7 Å². The van der Waals surface area contributed by atoms with Crippen LogP contribution in [0, 0.1) is 0 Å². The van der Waals surface area contributed by atoms with Crippen LogP contribution in [0.1, 0.15) is 46.5 Å². The average Bonchev–Trinajstić information content (AvgIpc) is 3.42. The van der Waals surface area contributed by atoms with Gasteiger partial charge >= 0.3 is 0 Å². The number of rotatable bonds is 14. The van der Waals surface area contributed by atoms with E-state index in [1.807, 2.05) is 0 Å². The minimum atomic E-state index is 0. The molecule has 1 atom stereocenters. The maximum atomic E-state index is 5.57. The standard InChI is InChI=1S/C18H38N4O2.HI/c1-5-7-11-23-13-14-24-12-10-20-18(19-6-2)21-15-16(3)22(4)17-8-9-17;/h16-17H,5-15H2,1-4H3,(H2,19,20,21);1H. The highest BCUT2D eigenvalue weighted by molar-refractivity contribution is 14.0. The van der Waals surface area contributed by atoms with Gasteiger partial charge in [-0.15, -0.1) is 24.0 Å². The molecule has 0 bridgehead atoms. The van der Waals surface area contributed by atoms with Gasteiger partial charge in [0.2, 0.25) is 0 Å². The zero-order valence-electron chi connectivity index (χ0n) is 16.6. The Morgan fingerprint density at radius 2 is 1.80 bits per heavy atom. The minimum Gasteiger partial charge on any atom is -0.379 e. The summed E-state index contributed by atoms with van der Waals surface area (Å²) in [6.45, 7) is 11.8. The molecule has 25 heavy (non-hydrogen) atoms. The topological polar surface area (TPSA) is 58.1 Å². The summed E-state index contributed by atoms with van der Waals surface area (Å²) in [4.78, 5) is 7.12. The van der Waals surface area contributed by atoms with Crippen molar-refractivity contribution in [2.45, 2.75) is 58.5 Å². The number of likely N-dealkylation sites (N-methyl/N-ethyl adjacent to an activating group) is 1. The van der Waals surface area contributed by atoms with Crippen molar-refractivity contribution in [3.05, 3.63) is 0 Å². The molecule has 0 radical (unpaired) electrons. The first-order valence-corrected chi connectivity index (χ1v) is 9.58. The molecule has 1 unspecified atom stereocenters. The second kappa shape index (κ2) is 16.1. The van der Waals surface area contributed by atoms with Gasteiger partial charge in [0.15, 0.2) is 5.96 Å². The zero-order chi connectivity index (χ0) is 17.6. The van der Waals surface area contributed by atoms with Gasteiger partial charge in [-0.2, -0.15) is 0 Å². The molecular weight excluding hydrogens is 431 g/mol. The Bertz CT molecular complexity index is 341. The van der Waals surface area contributed by atoms with E-state index in [4.69, 9.17) is 9.47 Å². The largest absolute Gasteiger partial charge is 0.379 e. The Hall–Kier alpha value is -0.120. The SMILES string of the molecule is CCCCOCCOCCNC(=NCC(C)N(C)C1CC1)NCC.I. The summed E-state index contributed by atoms with van der Waals surface area (Å²) in [7, 11) is 2.20. The lowest BCUT2D eigenvalue weighted by molar-refractivity contribution is 0.0487. The van der Waals surface area contributed by atoms with E-state index in [2.05, 4.69) is 48.3 Å². The number of unbranched alkanes of at least 4 members (excludes halogenated alkanes) is 1. The van der Waals surface area contributed by atoms with Crippen LogP contribution in [-0.2, 0) is 9.47 Å². The van der Waals surface area contributed by atoms with E-state index < -0.39 is 0 Å². The molecule has 0 heterocycles. The Morgan fingerprint density at radius 3 is 2.40 bits per heavy atom. The van der Waals surface area contributed by atoms with Gasteiger partial charge in [0.05, 0.1) is 26.4 Å². The third kappa shape index (κ3) is 12.8. The summed E-state index contributed by atoms with van der Waals surface area (Å²) in [5, 5.41) is 6.61. The summed E-state index contributed by atoms with van der Waals surface area (Å²) in [5.41, 5.74) is 0. The summed E-state index contributed by atoms with van der Waals surface area (Å²) in [6.07, 6.45) is 4.97. The number of nitrogens with one attached hydrogen (secondary N) is 2. The minimum absolute atomic E-state index is 0. The summed E-state index contributed by atoms with van der Waals surface area (Å²) >= 11 is 0. The Morgan fingerprint density at radius 1 is 1.12 bits per heavy atom. The van der Waals surface area contributed by atoms with Crippen molar-refractivity contribution in [3.63, 3.8) is 0 Å². The molecule has 0 aliphatic heterocycles. The molecule has 1 saturated carbocycles. The van der Waals surface area contributed by atoms with Crippen molar-refractivity contribution >= 4 is 29.9 Å². The molecule has 0 aromatic rings. The van der Waals surface area contributed by atoms with Gasteiger partial charge in [-0.1, -0.05) is 13.3 Å². The number of nitrogens with zero attached hydrogens (tertiary/aromatic N) is 2. The van der Waals surface area contributed by atoms with Gasteiger partial charge in [-0.25, -0.2) is 0 Å². The van der Waals surface area contributed by atoms with E-state index in [0.29, 0.717) is 25.9 Å². The lowest BCUT2D eigenvalue weighted by atomic mass is 10.3. The van der Waals surface area contributed by atoms with E-state index in [-0.39, 0.29) is 24.0 Å². The number of hydrogen-bond acceptors (Lipinski definition) is 4. The number of halogens is 1. The van der Waals surface area contributed by atoms with Crippen LogP contribution < -0.4 is 10.6 Å². The van der Waals surface area contributed by atoms with Crippen LogP contribution in [-0.4, -0.2) is 76.1 Å². The second-order valence-corrected chi connectivity index (χ2v) is 6.47. The van der Waals surface area contributed by atoms with Gasteiger partial charge in [0.1, 0.15) is 0 Å². The molecule has 0 spiro atoms. The Balaban J connectivity index is 0.00000576. The smallest absolute Gasteiger partial charge is 0.191 e. The Labute approximate surface area is 171 Å². The van der Waals surface area contributed by atoms with Crippen molar-refractivity contribution in [2.24, 2.45) is 4.99 Å². The predicted molar refractivity (Wildman–Crippen MR) is 116 cm³/mol. The van der Waals surface area contributed by atoms with Crippen molar-refractivity contribution in [3.8, 4) is 0 Å². The number of hydrogen-bond donors (Lipinski definition) is 2. The molecule has 1 aliphatic carbocycles. The number of ether oxygens (including phenoxy) is 2. The first-order chi connectivity index (χ1) is 11.7. The van der Waals surface area contributed by atoms with Crippen LogP contribution >= 0.6 is 24.0 Å². The molecule has 7 heteroatoms. The van der Waals surface area contributed by atoms with Gasteiger partial charge in [-0.3, -0.25) is 9.89 Å². The van der Waals surface area contributed by atoms with Crippen LogP contribution in [0.5, 0.6) is 0 Å². The molecule has 0 aromatic carbocycles. The predicted octanol–water partition coefficient (Wildman–Crippen LogP) is 2.48. The van der Waals surface area contributed by atoms with Crippen LogP contribution in [0.15, 0.2) is 4.99 Å². The van der Waals surface area contributed by atoms with Crippen molar-refractivity contribution < 1.29 is 9.47 Å². The molecule has 1 fully saturated rings. The highest BCUT2D eigenvalue weighted by atomic mass is 127. The first kappa shape index (κ1) is 24.9. The summed E-state index contributed by atoms with van der Waals surface area (Å²) < 4.78 is 11.0. The van der Waals surface area contributed by atoms with Crippen LogP contribution in [0.3, 0.4) is 0 Å². The molecule has 2 N–H and O–H groups in total. The summed E-state index contributed by atoms with van der Waals surface area (Å²) in [6, 6.07) is 1.25. The lowest BCUT2D eigenvalue weighted by Gasteiger charge is -2.23. The quantitative estimate of drug-likeness (QED) is 0.177. The highest BCUT2D eigenvalue weighted by Crippen LogP contribution is 2.26. The number of aliphatic imine (C=N–C) groups is 1. The summed E-state index contributed by atoms with van der Waals surface area (Å²) in [5.74, 6) is 0.872. The molecular formula is C18H39IN4O2. The van der Waals surface area contributed by atoms with E-state index in [1.165, 1.54) is 19.3 Å². The van der Waals surface area contributed by atoms with Crippen LogP contribution in [0.2, 0.25) is 0 Å². The number of guanidine groups is 1. The maximum Gasteiger partial charge on any atom is 0.191 e. The fraction of sp³-hybridized carbons (Fsp3) is 0.944. The van der Waals surface area contributed by atoms with E-state index in [9.17, 15) is 0 Å². The monoisotopic (exact) mass is 470 g/mol. The second-order valence-electron chi connectivity index (χ2n) is 6.47. The van der Waals surface area contributed by atoms with E-state index >= 15 is 0 Å². The van der Waals surface area contributed by atoms with Gasteiger partial charge in [0.25, 0.3) is 0 Å². The third-order valence-electron chi connectivity index (χ3n) is 4.23. The van der Waals surface area contributed by atoms with E-state index in [1.54, 1.807) is 0 Å². The Kier molecular flexibility index (Phi) is 16.0. The molecule has 6 nitrogen and oxygen atoms in total. The van der Waals surface area contributed by atoms with Gasteiger partial charge < -0.3 is 20.1 Å². The maximum absolute atomic E-state index is 5.57. The van der Waals surface area contributed by atoms with Gasteiger partial charge in [0, 0.05) is 31.8 Å². The first-order valence-electron chi connectivity index (χ1n) is 9.58. The fourth-order valence-electron chi connectivity index (χ4n) is 2.35. The molecule has 0 saturated heterocycles. The molecule has 1 aliphatic rings. The third-order valence-corrected chi connectivity index (χ3v) is 4.23.